The van der Waals surface area contributed by atoms with Crippen LogP contribution < -0.4 is 5.32 Å². The molecule has 2 heteroatoms. The van der Waals surface area contributed by atoms with Crippen LogP contribution in [0.2, 0.25) is 0 Å². The molecular formula is C19H25NS. The molecule has 0 amide bonds. The van der Waals surface area contributed by atoms with Crippen molar-refractivity contribution in [1.29, 1.82) is 0 Å². The van der Waals surface area contributed by atoms with Gasteiger partial charge in [-0.3, -0.25) is 0 Å². The van der Waals surface area contributed by atoms with Gasteiger partial charge in [0.2, 0.25) is 0 Å². The first-order chi connectivity index (χ1) is 10.3. The number of rotatable bonds is 7. The van der Waals surface area contributed by atoms with Crippen LogP contribution in [-0.4, -0.2) is 11.8 Å². The average molecular weight is 299 g/mol. The zero-order valence-corrected chi connectivity index (χ0v) is 14.0. The van der Waals surface area contributed by atoms with E-state index in [1.54, 1.807) is 0 Å². The molecule has 2 atom stereocenters. The molecule has 0 spiro atoms. The molecular weight excluding hydrogens is 274 g/mol. The molecule has 0 fully saturated rings. The van der Waals surface area contributed by atoms with Crippen LogP contribution in [0.1, 0.15) is 37.4 Å². The van der Waals surface area contributed by atoms with Crippen LogP contribution in [0.5, 0.6) is 0 Å². The first kappa shape index (κ1) is 16.1. The topological polar surface area (TPSA) is 12.0 Å². The molecule has 0 bridgehead atoms. The molecule has 2 rings (SSSR count). The van der Waals surface area contributed by atoms with Gasteiger partial charge in [0.15, 0.2) is 0 Å². The summed E-state index contributed by atoms with van der Waals surface area (Å²) >= 11 is 2.00. The second-order valence-corrected chi connectivity index (χ2v) is 6.56. The molecule has 1 N–H and O–H groups in total. The van der Waals surface area contributed by atoms with Gasteiger partial charge in [-0.15, -0.1) is 11.8 Å². The smallest absolute Gasteiger partial charge is 0.0443 e. The Kier molecular flexibility index (Phi) is 6.34. The second kappa shape index (κ2) is 8.26. The summed E-state index contributed by atoms with van der Waals surface area (Å²) in [5.41, 5.74) is 2.75. The summed E-state index contributed by atoms with van der Waals surface area (Å²) in [6, 6.07) is 19.9. The number of aryl methyl sites for hydroxylation is 1. The summed E-state index contributed by atoms with van der Waals surface area (Å²) < 4.78 is 0. The molecule has 0 aliphatic rings. The Balaban J connectivity index is 2.22. The molecule has 112 valence electrons. The lowest BCUT2D eigenvalue weighted by Gasteiger charge is -2.27. The Hall–Kier alpha value is -1.25. The second-order valence-electron chi connectivity index (χ2n) is 5.28. The maximum atomic E-state index is 3.67. The van der Waals surface area contributed by atoms with Crippen molar-refractivity contribution in [1.82, 2.24) is 5.32 Å². The molecule has 0 saturated carbocycles. The van der Waals surface area contributed by atoms with Crippen molar-refractivity contribution in [2.75, 3.05) is 6.54 Å². The van der Waals surface area contributed by atoms with Crippen molar-refractivity contribution < 1.29 is 0 Å². The maximum absolute atomic E-state index is 3.67. The van der Waals surface area contributed by atoms with Crippen molar-refractivity contribution in [2.45, 2.75) is 43.4 Å². The van der Waals surface area contributed by atoms with Gasteiger partial charge in [0.05, 0.1) is 0 Å². The SMILES string of the molecule is CCNC(c1ccccc1)C(CC)Sc1ccccc1C. The maximum Gasteiger partial charge on any atom is 0.0443 e. The van der Waals surface area contributed by atoms with Crippen LogP contribution >= 0.6 is 11.8 Å². The van der Waals surface area contributed by atoms with E-state index in [2.05, 4.69) is 80.7 Å². The highest BCUT2D eigenvalue weighted by Gasteiger charge is 2.22. The van der Waals surface area contributed by atoms with E-state index in [-0.39, 0.29) is 0 Å². The minimum atomic E-state index is 0.394. The molecule has 0 aromatic heterocycles. The van der Waals surface area contributed by atoms with Crippen molar-refractivity contribution in [3.8, 4) is 0 Å². The zero-order chi connectivity index (χ0) is 15.1. The summed E-state index contributed by atoms with van der Waals surface area (Å²) in [5, 5.41) is 4.20. The van der Waals surface area contributed by atoms with E-state index in [4.69, 9.17) is 0 Å². The van der Waals surface area contributed by atoms with Gasteiger partial charge in [0.25, 0.3) is 0 Å². The summed E-state index contributed by atoms with van der Waals surface area (Å²) in [5.74, 6) is 0. The van der Waals surface area contributed by atoms with E-state index in [0.717, 1.165) is 13.0 Å². The summed E-state index contributed by atoms with van der Waals surface area (Å²) in [6.45, 7) is 7.65. The lowest BCUT2D eigenvalue weighted by molar-refractivity contribution is 0.521. The van der Waals surface area contributed by atoms with Gasteiger partial charge >= 0.3 is 0 Å². The molecule has 2 unspecified atom stereocenters. The third-order valence-electron chi connectivity index (χ3n) is 3.73. The van der Waals surface area contributed by atoms with Gasteiger partial charge in [-0.1, -0.05) is 62.4 Å². The highest BCUT2D eigenvalue weighted by molar-refractivity contribution is 8.00. The number of nitrogens with one attached hydrogen (secondary N) is 1. The van der Waals surface area contributed by atoms with Gasteiger partial charge < -0.3 is 5.32 Å². The van der Waals surface area contributed by atoms with E-state index in [1.165, 1.54) is 16.0 Å². The summed E-state index contributed by atoms with van der Waals surface area (Å²) in [7, 11) is 0. The Morgan fingerprint density at radius 2 is 1.62 bits per heavy atom. The molecule has 1 nitrogen and oxygen atoms in total. The van der Waals surface area contributed by atoms with Crippen molar-refractivity contribution >= 4 is 11.8 Å². The first-order valence-corrected chi connectivity index (χ1v) is 8.64. The van der Waals surface area contributed by atoms with Crippen molar-refractivity contribution in [2.24, 2.45) is 0 Å². The van der Waals surface area contributed by atoms with Crippen molar-refractivity contribution in [3.05, 3.63) is 65.7 Å². The monoisotopic (exact) mass is 299 g/mol. The molecule has 2 aromatic rings. The van der Waals surface area contributed by atoms with Gasteiger partial charge in [-0.2, -0.15) is 0 Å². The van der Waals surface area contributed by atoms with E-state index in [1.807, 2.05) is 11.8 Å². The van der Waals surface area contributed by atoms with Crippen LogP contribution in [0.3, 0.4) is 0 Å². The number of hydrogen-bond donors (Lipinski definition) is 1. The lowest BCUT2D eigenvalue weighted by Crippen LogP contribution is -2.29. The van der Waals surface area contributed by atoms with E-state index < -0.39 is 0 Å². The third-order valence-corrected chi connectivity index (χ3v) is 5.35. The minimum absolute atomic E-state index is 0.394. The highest BCUT2D eigenvalue weighted by Crippen LogP contribution is 2.35. The largest absolute Gasteiger partial charge is 0.309 e. The molecule has 21 heavy (non-hydrogen) atoms. The fraction of sp³-hybridized carbons (Fsp3) is 0.368. The normalized spacial score (nSPS) is 13.9. The van der Waals surface area contributed by atoms with Crippen LogP contribution in [0.25, 0.3) is 0 Å². The zero-order valence-electron chi connectivity index (χ0n) is 13.2. The minimum Gasteiger partial charge on any atom is -0.309 e. The summed E-state index contributed by atoms with van der Waals surface area (Å²) in [6.07, 6.45) is 1.14. The molecule has 2 aromatic carbocycles. The quantitative estimate of drug-likeness (QED) is 0.704. The van der Waals surface area contributed by atoms with Gasteiger partial charge in [0, 0.05) is 16.2 Å². The third kappa shape index (κ3) is 4.36. The van der Waals surface area contributed by atoms with Gasteiger partial charge in [0.1, 0.15) is 0 Å². The molecule has 0 aliphatic carbocycles. The fourth-order valence-electron chi connectivity index (χ4n) is 2.58. The van der Waals surface area contributed by atoms with E-state index in [9.17, 15) is 0 Å². The Bertz CT molecular complexity index is 538. The Labute approximate surface area is 133 Å². The predicted octanol–water partition coefficient (Wildman–Crippen LogP) is 5.22. The van der Waals surface area contributed by atoms with Gasteiger partial charge in [-0.05, 0) is 37.1 Å². The number of thioether (sulfide) groups is 1. The summed E-state index contributed by atoms with van der Waals surface area (Å²) in [4.78, 5) is 1.39. The van der Waals surface area contributed by atoms with E-state index >= 15 is 0 Å². The molecule has 0 aliphatic heterocycles. The van der Waals surface area contributed by atoms with Gasteiger partial charge in [-0.25, -0.2) is 0 Å². The fourth-order valence-corrected chi connectivity index (χ4v) is 3.88. The standard InChI is InChI=1S/C19H25NS/c1-4-17(21-18-14-10-9-11-15(18)3)19(20-5-2)16-12-7-6-8-13-16/h6-14,17,19-20H,4-5H2,1-3H3. The van der Waals surface area contributed by atoms with Crippen LogP contribution in [0.15, 0.2) is 59.5 Å². The lowest BCUT2D eigenvalue weighted by atomic mass is 10.0. The number of hydrogen-bond acceptors (Lipinski definition) is 2. The molecule has 0 radical (unpaired) electrons. The van der Waals surface area contributed by atoms with Crippen LogP contribution in [-0.2, 0) is 0 Å². The van der Waals surface area contributed by atoms with Crippen LogP contribution in [0.4, 0.5) is 0 Å². The highest BCUT2D eigenvalue weighted by atomic mass is 32.2. The molecule has 0 saturated heterocycles. The molecule has 0 heterocycles. The number of benzene rings is 2. The van der Waals surface area contributed by atoms with Crippen molar-refractivity contribution in [3.63, 3.8) is 0 Å². The average Bonchev–Trinajstić information content (AvgIpc) is 2.53. The van der Waals surface area contributed by atoms with E-state index in [0.29, 0.717) is 11.3 Å². The Morgan fingerprint density at radius 1 is 0.952 bits per heavy atom. The predicted molar refractivity (Wildman–Crippen MR) is 94.0 cm³/mol. The van der Waals surface area contributed by atoms with Crippen LogP contribution in [0, 0.1) is 6.92 Å². The first-order valence-electron chi connectivity index (χ1n) is 7.76. The Morgan fingerprint density at radius 3 is 2.24 bits per heavy atom.